The van der Waals surface area contributed by atoms with Crippen LogP contribution in [-0.2, 0) is 0 Å². The molecule has 252 valence electrons. The highest BCUT2D eigenvalue weighted by Gasteiger charge is 2.23. The van der Waals surface area contributed by atoms with Crippen molar-refractivity contribution >= 4 is 49.9 Å². The van der Waals surface area contributed by atoms with Crippen molar-refractivity contribution in [2.45, 2.75) is 33.6 Å². The van der Waals surface area contributed by atoms with Crippen molar-refractivity contribution in [3.8, 4) is 17.2 Å². The summed E-state index contributed by atoms with van der Waals surface area (Å²) in [5.41, 5.74) is 13.8. The summed E-state index contributed by atoms with van der Waals surface area (Å²) in [6, 6.07) is 54.5. The molecule has 0 saturated heterocycles. The van der Waals surface area contributed by atoms with Gasteiger partial charge in [-0.3, -0.25) is 4.57 Å². The average Bonchev–Trinajstić information content (AvgIpc) is 3.73. The molecule has 0 aliphatic carbocycles. The van der Waals surface area contributed by atoms with Crippen LogP contribution in [0.5, 0.6) is 0 Å². The molecule has 5 heteroatoms. The van der Waals surface area contributed by atoms with Gasteiger partial charge in [-0.1, -0.05) is 92.7 Å². The lowest BCUT2D eigenvalue weighted by Gasteiger charge is -2.29. The maximum atomic E-state index is 4.92. The van der Waals surface area contributed by atoms with Crippen molar-refractivity contribution in [3.63, 3.8) is 0 Å². The zero-order valence-electron chi connectivity index (χ0n) is 29.9. The Morgan fingerprint density at radius 3 is 1.90 bits per heavy atom. The van der Waals surface area contributed by atoms with Gasteiger partial charge >= 0.3 is 0 Å². The molecule has 5 nitrogen and oxygen atoms in total. The Kier molecular flexibility index (Phi) is 7.70. The number of anilines is 3. The van der Waals surface area contributed by atoms with Gasteiger partial charge in [-0.25, -0.2) is 4.98 Å². The molecule has 9 aromatic rings. The minimum Gasteiger partial charge on any atom is -0.309 e. The van der Waals surface area contributed by atoms with Gasteiger partial charge in [0.25, 0.3) is 0 Å². The third kappa shape index (κ3) is 5.25. The van der Waals surface area contributed by atoms with E-state index in [4.69, 9.17) is 4.98 Å². The van der Waals surface area contributed by atoms with Gasteiger partial charge in [0.2, 0.25) is 0 Å². The van der Waals surface area contributed by atoms with Crippen LogP contribution in [-0.4, -0.2) is 18.7 Å². The maximum absolute atomic E-state index is 4.92. The van der Waals surface area contributed by atoms with Gasteiger partial charge in [-0.2, -0.15) is 9.13 Å². The predicted molar refractivity (Wildman–Crippen MR) is 217 cm³/mol. The summed E-state index contributed by atoms with van der Waals surface area (Å²) in [6.07, 6.45) is 4.14. The monoisotopic (exact) mass is 674 g/mol. The molecule has 0 unspecified atom stereocenters. The normalized spacial score (nSPS) is 11.6. The van der Waals surface area contributed by atoms with Crippen LogP contribution in [0.25, 0.3) is 50.0 Å². The zero-order valence-corrected chi connectivity index (χ0v) is 29.9. The second-order valence-electron chi connectivity index (χ2n) is 13.9. The molecule has 3 heterocycles. The van der Waals surface area contributed by atoms with E-state index in [-0.39, 0.29) is 0 Å². The van der Waals surface area contributed by atoms with Gasteiger partial charge in [0.05, 0.1) is 22.4 Å². The van der Waals surface area contributed by atoms with Gasteiger partial charge in [-0.15, -0.1) is 0 Å². The Morgan fingerprint density at radius 2 is 1.15 bits per heavy atom. The molecular formula is C47H40N5+. The quantitative estimate of drug-likeness (QED) is 0.158. The smallest absolute Gasteiger partial charge is 0.168 e. The first-order valence-electron chi connectivity index (χ1n) is 18.0. The Morgan fingerprint density at radius 1 is 0.538 bits per heavy atom. The fourth-order valence-corrected chi connectivity index (χ4v) is 7.72. The minimum atomic E-state index is 0.400. The summed E-state index contributed by atoms with van der Waals surface area (Å²) in [4.78, 5) is 7.34. The summed E-state index contributed by atoms with van der Waals surface area (Å²) in [7, 11) is 0. The van der Waals surface area contributed by atoms with Gasteiger partial charge in [0.1, 0.15) is 17.2 Å². The lowest BCUT2D eigenvalue weighted by atomic mass is 10.0. The first kappa shape index (κ1) is 31.5. The van der Waals surface area contributed by atoms with Crippen LogP contribution in [0.2, 0.25) is 0 Å². The fourth-order valence-electron chi connectivity index (χ4n) is 7.72. The van der Waals surface area contributed by atoms with Crippen molar-refractivity contribution in [3.05, 3.63) is 181 Å². The Bertz CT molecular complexity index is 2730. The zero-order chi connectivity index (χ0) is 35.3. The van der Waals surface area contributed by atoms with Crippen LogP contribution in [0, 0.1) is 13.8 Å². The third-order valence-corrected chi connectivity index (χ3v) is 10.3. The Balaban J connectivity index is 1.27. The highest BCUT2D eigenvalue weighted by atomic mass is 15.2. The van der Waals surface area contributed by atoms with Gasteiger partial charge in [0.15, 0.2) is 17.4 Å². The summed E-state index contributed by atoms with van der Waals surface area (Å²) in [5.74, 6) is 1.33. The summed E-state index contributed by atoms with van der Waals surface area (Å²) >= 11 is 0. The van der Waals surface area contributed by atoms with E-state index in [9.17, 15) is 0 Å². The molecule has 52 heavy (non-hydrogen) atoms. The number of hydrogen-bond donors (Lipinski definition) is 0. The molecule has 0 atom stereocenters. The highest BCUT2D eigenvalue weighted by Crippen LogP contribution is 2.42. The molecule has 0 amide bonds. The van der Waals surface area contributed by atoms with Crippen LogP contribution >= 0.6 is 0 Å². The first-order chi connectivity index (χ1) is 25.5. The van der Waals surface area contributed by atoms with Gasteiger partial charge in [-0.05, 0) is 91.1 Å². The Labute approximate surface area is 304 Å². The summed E-state index contributed by atoms with van der Waals surface area (Å²) in [5, 5.41) is 2.42. The van der Waals surface area contributed by atoms with Crippen molar-refractivity contribution < 1.29 is 0 Å². The second-order valence-corrected chi connectivity index (χ2v) is 13.9. The lowest BCUT2D eigenvalue weighted by Crippen LogP contribution is -2.13. The van der Waals surface area contributed by atoms with E-state index in [1.54, 1.807) is 0 Å². The van der Waals surface area contributed by atoms with Crippen molar-refractivity contribution in [2.75, 3.05) is 4.90 Å². The molecule has 0 aliphatic heterocycles. The third-order valence-electron chi connectivity index (χ3n) is 10.3. The fraction of sp³-hybridized carbons (Fsp3) is 0.106. The van der Waals surface area contributed by atoms with Gasteiger partial charge < -0.3 is 4.90 Å². The summed E-state index contributed by atoms with van der Waals surface area (Å²) in [6.45, 7) is 8.88. The highest BCUT2D eigenvalue weighted by molar-refractivity contribution is 6.10. The number of nitrogens with zero attached hydrogens (tertiary/aromatic N) is 5. The second kappa shape index (κ2) is 12.7. The summed E-state index contributed by atoms with van der Waals surface area (Å²) < 4.78 is 6.89. The number of benzene rings is 6. The van der Waals surface area contributed by atoms with Crippen LogP contribution in [0.3, 0.4) is 0 Å². The first-order valence-corrected chi connectivity index (χ1v) is 18.0. The predicted octanol–water partition coefficient (Wildman–Crippen LogP) is 12.4. The van der Waals surface area contributed by atoms with E-state index in [2.05, 4.69) is 204 Å². The SMILES string of the molecule is Cc1cccc(C)c1N(c1cccc(-n2[cH+]n(-c3ccccc3)c3ccccc32)c1)c1ccc2c3ccccc3n(-c3cc(C(C)C)ccn3)c2c1. The van der Waals surface area contributed by atoms with Crippen molar-refractivity contribution in [2.24, 2.45) is 0 Å². The number of hydrogen-bond acceptors (Lipinski definition) is 2. The number of aryl methyl sites for hydroxylation is 2. The van der Waals surface area contributed by atoms with Crippen LogP contribution in [0.4, 0.5) is 17.1 Å². The number of para-hydroxylation sites is 5. The molecule has 0 bridgehead atoms. The number of rotatable bonds is 7. The van der Waals surface area contributed by atoms with E-state index in [0.717, 1.165) is 50.6 Å². The molecule has 0 radical (unpaired) electrons. The molecule has 0 fully saturated rings. The molecule has 3 aromatic heterocycles. The molecule has 0 saturated carbocycles. The molecule has 0 spiro atoms. The Hall–Kier alpha value is -6.46. The number of imidazole rings is 1. The standard InChI is InChI=1S/C47H40N5/c1-32(2)35-26-27-48-46(28-35)52-42-21-9-8-20-40(42)41-25-24-39(30-45(41)52)51(47-33(3)14-12-15-34(47)4)38-19-13-18-37(29-38)50-31-49(36-16-6-5-7-17-36)43-22-10-11-23-44(43)50/h5-32H,1-4H3/q+1. The van der Waals surface area contributed by atoms with E-state index < -0.39 is 0 Å². The minimum absolute atomic E-state index is 0.400. The number of pyridine rings is 1. The molecule has 9 rings (SSSR count). The number of fused-ring (bicyclic) bond motifs is 4. The van der Waals surface area contributed by atoms with E-state index in [0.29, 0.717) is 5.92 Å². The topological polar surface area (TPSA) is 30.9 Å². The molecule has 0 N–H and O–H groups in total. The van der Waals surface area contributed by atoms with E-state index in [1.807, 2.05) is 6.20 Å². The molecular weight excluding hydrogens is 635 g/mol. The number of aromatic nitrogens is 4. The average molecular weight is 675 g/mol. The van der Waals surface area contributed by atoms with Crippen molar-refractivity contribution in [1.82, 2.24) is 18.7 Å². The van der Waals surface area contributed by atoms with E-state index >= 15 is 0 Å². The van der Waals surface area contributed by atoms with Crippen molar-refractivity contribution in [1.29, 1.82) is 0 Å². The van der Waals surface area contributed by atoms with Crippen LogP contribution in [0.15, 0.2) is 164 Å². The molecule has 6 aromatic carbocycles. The van der Waals surface area contributed by atoms with Gasteiger partial charge in [0, 0.05) is 40.9 Å². The largest absolute Gasteiger partial charge is 0.309 e. The van der Waals surface area contributed by atoms with Crippen LogP contribution < -0.4 is 4.90 Å². The van der Waals surface area contributed by atoms with Crippen LogP contribution in [0.1, 0.15) is 36.5 Å². The maximum Gasteiger partial charge on any atom is 0.168 e. The lowest BCUT2D eigenvalue weighted by molar-refractivity contribution is 0.858. The van der Waals surface area contributed by atoms with E-state index in [1.165, 1.54) is 33.2 Å². The molecule has 0 aliphatic rings.